The maximum absolute atomic E-state index is 11.8. The van der Waals surface area contributed by atoms with Crippen LogP contribution in [0.2, 0.25) is 5.02 Å². The smallest absolute Gasteiger partial charge is 0.271 e. The van der Waals surface area contributed by atoms with E-state index in [4.69, 9.17) is 11.6 Å². The third kappa shape index (κ3) is 4.47. The number of anilines is 1. The van der Waals surface area contributed by atoms with E-state index in [1.165, 1.54) is 30.0 Å². The van der Waals surface area contributed by atoms with E-state index in [0.29, 0.717) is 10.7 Å². The van der Waals surface area contributed by atoms with Crippen molar-refractivity contribution in [3.05, 3.63) is 63.7 Å². The maximum atomic E-state index is 11.8. The molecule has 0 heterocycles. The molecule has 7 heteroatoms. The predicted octanol–water partition coefficient (Wildman–Crippen LogP) is 3.98. The minimum absolute atomic E-state index is 0.0634. The van der Waals surface area contributed by atoms with Gasteiger partial charge >= 0.3 is 0 Å². The van der Waals surface area contributed by atoms with E-state index in [-0.39, 0.29) is 17.3 Å². The zero-order valence-electron chi connectivity index (χ0n) is 10.8. The molecule has 108 valence electrons. The number of benzene rings is 2. The number of rotatable bonds is 5. The summed E-state index contributed by atoms with van der Waals surface area (Å²) in [5.74, 6) is -0.0766. The summed E-state index contributed by atoms with van der Waals surface area (Å²) in [5, 5.41) is 13.9. The highest BCUT2D eigenvalue weighted by Gasteiger charge is 2.09. The lowest BCUT2D eigenvalue weighted by molar-refractivity contribution is -0.384. The van der Waals surface area contributed by atoms with Crippen molar-refractivity contribution in [2.45, 2.75) is 4.90 Å². The Morgan fingerprint density at radius 1 is 1.24 bits per heavy atom. The minimum Gasteiger partial charge on any atom is -0.325 e. The summed E-state index contributed by atoms with van der Waals surface area (Å²) in [6.07, 6.45) is 0. The molecule has 2 aromatic carbocycles. The van der Waals surface area contributed by atoms with Crippen LogP contribution in [0.1, 0.15) is 0 Å². The van der Waals surface area contributed by atoms with Gasteiger partial charge in [0.1, 0.15) is 0 Å². The van der Waals surface area contributed by atoms with E-state index in [1.807, 2.05) is 18.2 Å². The molecule has 0 aliphatic heterocycles. The third-order valence-electron chi connectivity index (χ3n) is 2.54. The number of hydrogen-bond donors (Lipinski definition) is 1. The molecule has 0 atom stereocenters. The SMILES string of the molecule is O=C(CSc1ccccc1Cl)Nc1cccc([N+](=O)[O-])c1. The van der Waals surface area contributed by atoms with Crippen LogP contribution in [0.4, 0.5) is 11.4 Å². The summed E-state index contributed by atoms with van der Waals surface area (Å²) in [7, 11) is 0. The summed E-state index contributed by atoms with van der Waals surface area (Å²) in [6.45, 7) is 0. The fourth-order valence-electron chi connectivity index (χ4n) is 1.60. The molecule has 5 nitrogen and oxygen atoms in total. The number of carbonyl (C=O) groups is 1. The molecular formula is C14H11ClN2O3S. The molecule has 0 aromatic heterocycles. The lowest BCUT2D eigenvalue weighted by Crippen LogP contribution is -2.14. The summed E-state index contributed by atoms with van der Waals surface area (Å²) in [4.78, 5) is 22.8. The standard InChI is InChI=1S/C14H11ClN2O3S/c15-12-6-1-2-7-13(12)21-9-14(18)16-10-4-3-5-11(8-10)17(19)20/h1-8H,9H2,(H,16,18). The third-order valence-corrected chi connectivity index (χ3v) is 4.05. The Bertz CT molecular complexity index is 679. The van der Waals surface area contributed by atoms with E-state index >= 15 is 0 Å². The zero-order valence-corrected chi connectivity index (χ0v) is 12.4. The van der Waals surface area contributed by atoms with Gasteiger partial charge in [-0.15, -0.1) is 11.8 Å². The average Bonchev–Trinajstić information content (AvgIpc) is 2.46. The molecule has 2 aromatic rings. The Hall–Kier alpha value is -2.05. The molecule has 0 fully saturated rings. The van der Waals surface area contributed by atoms with Crippen molar-refractivity contribution in [1.29, 1.82) is 0 Å². The molecule has 0 saturated carbocycles. The van der Waals surface area contributed by atoms with Crippen molar-refractivity contribution in [2.75, 3.05) is 11.1 Å². The van der Waals surface area contributed by atoms with Crippen molar-refractivity contribution in [3.8, 4) is 0 Å². The fraction of sp³-hybridized carbons (Fsp3) is 0.0714. The highest BCUT2D eigenvalue weighted by molar-refractivity contribution is 8.00. The number of hydrogen-bond acceptors (Lipinski definition) is 4. The van der Waals surface area contributed by atoms with Crippen LogP contribution in [0.25, 0.3) is 0 Å². The average molecular weight is 323 g/mol. The fourth-order valence-corrected chi connectivity index (χ4v) is 2.64. The monoisotopic (exact) mass is 322 g/mol. The van der Waals surface area contributed by atoms with Gasteiger partial charge in [-0.05, 0) is 18.2 Å². The van der Waals surface area contributed by atoms with Crippen LogP contribution >= 0.6 is 23.4 Å². The first kappa shape index (κ1) is 15.3. The van der Waals surface area contributed by atoms with Crippen molar-refractivity contribution >= 4 is 40.6 Å². The van der Waals surface area contributed by atoms with E-state index in [0.717, 1.165) is 4.90 Å². The first-order chi connectivity index (χ1) is 10.1. The number of nitro benzene ring substituents is 1. The van der Waals surface area contributed by atoms with Gasteiger partial charge in [0, 0.05) is 22.7 Å². The van der Waals surface area contributed by atoms with Crippen LogP contribution in [-0.4, -0.2) is 16.6 Å². The van der Waals surface area contributed by atoms with Crippen LogP contribution < -0.4 is 5.32 Å². The number of halogens is 1. The molecule has 0 aliphatic rings. The molecule has 0 unspecified atom stereocenters. The second-order valence-corrected chi connectivity index (χ2v) is 5.50. The number of non-ortho nitro benzene ring substituents is 1. The van der Waals surface area contributed by atoms with Gasteiger partial charge in [0.15, 0.2) is 0 Å². The largest absolute Gasteiger partial charge is 0.325 e. The summed E-state index contributed by atoms with van der Waals surface area (Å²) >= 11 is 7.30. The van der Waals surface area contributed by atoms with Gasteiger partial charge < -0.3 is 5.32 Å². The highest BCUT2D eigenvalue weighted by Crippen LogP contribution is 2.26. The van der Waals surface area contributed by atoms with Gasteiger partial charge in [-0.25, -0.2) is 0 Å². The Kier molecular flexibility index (Phi) is 5.19. The van der Waals surface area contributed by atoms with E-state index in [2.05, 4.69) is 5.32 Å². The zero-order chi connectivity index (χ0) is 15.2. The first-order valence-electron chi connectivity index (χ1n) is 5.98. The van der Waals surface area contributed by atoms with Crippen LogP contribution in [-0.2, 0) is 4.79 Å². The van der Waals surface area contributed by atoms with Crippen molar-refractivity contribution < 1.29 is 9.72 Å². The van der Waals surface area contributed by atoms with Gasteiger partial charge in [0.25, 0.3) is 5.69 Å². The normalized spacial score (nSPS) is 10.1. The van der Waals surface area contributed by atoms with Crippen molar-refractivity contribution in [3.63, 3.8) is 0 Å². The summed E-state index contributed by atoms with van der Waals surface area (Å²) in [6, 6.07) is 13.0. The molecule has 0 aliphatic carbocycles. The number of thioether (sulfide) groups is 1. The number of amides is 1. The molecule has 21 heavy (non-hydrogen) atoms. The lowest BCUT2D eigenvalue weighted by Gasteiger charge is -2.06. The van der Waals surface area contributed by atoms with Gasteiger partial charge in [-0.2, -0.15) is 0 Å². The second kappa shape index (κ2) is 7.10. The van der Waals surface area contributed by atoms with Crippen LogP contribution in [0.3, 0.4) is 0 Å². The van der Waals surface area contributed by atoms with Crippen LogP contribution in [0.5, 0.6) is 0 Å². The lowest BCUT2D eigenvalue weighted by atomic mass is 10.3. The molecular weight excluding hydrogens is 312 g/mol. The Labute approximate surface area is 130 Å². The van der Waals surface area contributed by atoms with Gasteiger partial charge in [-0.3, -0.25) is 14.9 Å². The van der Waals surface area contributed by atoms with E-state index < -0.39 is 4.92 Å². The molecule has 0 spiro atoms. The van der Waals surface area contributed by atoms with E-state index in [9.17, 15) is 14.9 Å². The molecule has 1 amide bonds. The number of nitrogens with one attached hydrogen (secondary N) is 1. The van der Waals surface area contributed by atoms with Crippen LogP contribution in [0, 0.1) is 10.1 Å². The Morgan fingerprint density at radius 3 is 2.71 bits per heavy atom. The Morgan fingerprint density at radius 2 is 2.00 bits per heavy atom. The molecule has 0 bridgehead atoms. The first-order valence-corrected chi connectivity index (χ1v) is 7.34. The number of nitrogens with zero attached hydrogens (tertiary/aromatic N) is 1. The minimum atomic E-state index is -0.506. The topological polar surface area (TPSA) is 72.2 Å². The van der Waals surface area contributed by atoms with Crippen molar-refractivity contribution in [1.82, 2.24) is 0 Å². The van der Waals surface area contributed by atoms with Crippen LogP contribution in [0.15, 0.2) is 53.4 Å². The number of carbonyl (C=O) groups excluding carboxylic acids is 1. The summed E-state index contributed by atoms with van der Waals surface area (Å²) < 4.78 is 0. The molecule has 0 saturated heterocycles. The summed E-state index contributed by atoms with van der Waals surface area (Å²) in [5.41, 5.74) is 0.334. The molecule has 1 N–H and O–H groups in total. The second-order valence-electron chi connectivity index (χ2n) is 4.07. The predicted molar refractivity (Wildman–Crippen MR) is 83.9 cm³/mol. The van der Waals surface area contributed by atoms with Gasteiger partial charge in [0.05, 0.1) is 15.7 Å². The van der Waals surface area contributed by atoms with Crippen molar-refractivity contribution in [2.24, 2.45) is 0 Å². The Balaban J connectivity index is 1.95. The highest BCUT2D eigenvalue weighted by atomic mass is 35.5. The van der Waals surface area contributed by atoms with E-state index in [1.54, 1.807) is 12.1 Å². The van der Waals surface area contributed by atoms with Gasteiger partial charge in [-0.1, -0.05) is 29.8 Å². The van der Waals surface area contributed by atoms with Gasteiger partial charge in [0.2, 0.25) is 5.91 Å². The molecule has 2 rings (SSSR count). The molecule has 0 radical (unpaired) electrons. The quantitative estimate of drug-likeness (QED) is 0.513. The number of nitro groups is 1. The maximum Gasteiger partial charge on any atom is 0.271 e.